The first kappa shape index (κ1) is 12.7. The molecule has 0 bridgehead atoms. The molecular weight excluding hydrogens is 264 g/mol. The van der Waals surface area contributed by atoms with Crippen molar-refractivity contribution >= 4 is 22.8 Å². The fraction of sp³-hybridized carbons (Fsp3) is 0.615. The number of fused-ring (bicyclic) bond motifs is 1. The molecule has 1 fully saturated rings. The molecular formula is C13H17ClN4O. The highest BCUT2D eigenvalue weighted by Gasteiger charge is 2.29. The van der Waals surface area contributed by atoms with Crippen LogP contribution >= 0.6 is 11.6 Å². The summed E-state index contributed by atoms with van der Waals surface area (Å²) in [6.07, 6.45) is 5.17. The van der Waals surface area contributed by atoms with Crippen LogP contribution in [0.1, 0.15) is 38.1 Å². The molecule has 2 aromatic heterocycles. The summed E-state index contributed by atoms with van der Waals surface area (Å²) in [7, 11) is 1.60. The van der Waals surface area contributed by atoms with E-state index >= 15 is 0 Å². The van der Waals surface area contributed by atoms with Crippen molar-refractivity contribution in [2.45, 2.75) is 38.1 Å². The van der Waals surface area contributed by atoms with E-state index in [2.05, 4.69) is 26.4 Å². The molecule has 0 amide bonds. The SMILES string of the molecule is COc1ncnc2c1nc(CCl)n2C1CCCC1C. The molecule has 0 aliphatic heterocycles. The Balaban J connectivity index is 2.21. The zero-order chi connectivity index (χ0) is 13.4. The van der Waals surface area contributed by atoms with Gasteiger partial charge in [-0.3, -0.25) is 0 Å². The maximum atomic E-state index is 6.05. The van der Waals surface area contributed by atoms with Crippen molar-refractivity contribution in [3.8, 4) is 5.88 Å². The van der Waals surface area contributed by atoms with Crippen LogP contribution in [0.2, 0.25) is 0 Å². The molecule has 1 aliphatic carbocycles. The van der Waals surface area contributed by atoms with E-state index in [0.717, 1.165) is 17.9 Å². The van der Waals surface area contributed by atoms with E-state index in [1.165, 1.54) is 19.2 Å². The summed E-state index contributed by atoms with van der Waals surface area (Å²) in [6.45, 7) is 2.28. The minimum absolute atomic E-state index is 0.378. The number of rotatable bonds is 3. The van der Waals surface area contributed by atoms with E-state index in [0.29, 0.717) is 29.2 Å². The average Bonchev–Trinajstić information content (AvgIpc) is 3.00. The molecule has 0 saturated heterocycles. The molecule has 3 rings (SSSR count). The molecule has 2 unspecified atom stereocenters. The number of aromatic nitrogens is 4. The summed E-state index contributed by atoms with van der Waals surface area (Å²) in [5.41, 5.74) is 1.54. The largest absolute Gasteiger partial charge is 0.479 e. The number of methoxy groups -OCH3 is 1. The van der Waals surface area contributed by atoms with Crippen LogP contribution in [0.15, 0.2) is 6.33 Å². The summed E-state index contributed by atoms with van der Waals surface area (Å²) < 4.78 is 7.44. The standard InChI is InChI=1S/C13H17ClN4O/c1-8-4-3-5-9(8)18-10(6-14)17-11-12(18)15-7-16-13(11)19-2/h7-9H,3-6H2,1-2H3. The molecule has 1 aliphatic rings. The van der Waals surface area contributed by atoms with Gasteiger partial charge in [0.2, 0.25) is 5.88 Å². The maximum absolute atomic E-state index is 6.05. The molecule has 0 radical (unpaired) electrons. The molecule has 0 aromatic carbocycles. The first-order chi connectivity index (χ1) is 9.26. The van der Waals surface area contributed by atoms with Crippen molar-refractivity contribution in [3.63, 3.8) is 0 Å². The summed E-state index contributed by atoms with van der Waals surface area (Å²) in [5.74, 6) is 2.37. The van der Waals surface area contributed by atoms with Crippen molar-refractivity contribution in [1.29, 1.82) is 0 Å². The van der Waals surface area contributed by atoms with Crippen LogP contribution in [0.4, 0.5) is 0 Å². The molecule has 0 spiro atoms. The van der Waals surface area contributed by atoms with E-state index in [9.17, 15) is 0 Å². The Labute approximate surface area is 117 Å². The second-order valence-electron chi connectivity index (χ2n) is 5.06. The van der Waals surface area contributed by atoms with E-state index < -0.39 is 0 Å². The van der Waals surface area contributed by atoms with Gasteiger partial charge >= 0.3 is 0 Å². The lowest BCUT2D eigenvalue weighted by atomic mass is 10.1. The van der Waals surface area contributed by atoms with Gasteiger partial charge in [-0.05, 0) is 18.8 Å². The van der Waals surface area contributed by atoms with E-state index in [1.807, 2.05) is 0 Å². The lowest BCUT2D eigenvalue weighted by Gasteiger charge is -2.19. The van der Waals surface area contributed by atoms with Crippen LogP contribution in [0, 0.1) is 5.92 Å². The fourth-order valence-corrected chi connectivity index (χ4v) is 3.22. The quantitative estimate of drug-likeness (QED) is 0.811. The topological polar surface area (TPSA) is 52.8 Å². The van der Waals surface area contributed by atoms with Crippen molar-refractivity contribution in [1.82, 2.24) is 19.5 Å². The van der Waals surface area contributed by atoms with E-state index in [-0.39, 0.29) is 0 Å². The van der Waals surface area contributed by atoms with Gasteiger partial charge in [0.05, 0.1) is 13.0 Å². The fourth-order valence-electron chi connectivity index (χ4n) is 3.03. The minimum Gasteiger partial charge on any atom is -0.479 e. The van der Waals surface area contributed by atoms with Gasteiger partial charge in [-0.2, -0.15) is 4.98 Å². The van der Waals surface area contributed by atoms with Crippen molar-refractivity contribution in [2.75, 3.05) is 7.11 Å². The number of ether oxygens (including phenoxy) is 1. The Morgan fingerprint density at radius 1 is 1.42 bits per heavy atom. The Hall–Kier alpha value is -1.36. The first-order valence-corrected chi connectivity index (χ1v) is 7.11. The van der Waals surface area contributed by atoms with Crippen molar-refractivity contribution in [3.05, 3.63) is 12.2 Å². The predicted molar refractivity (Wildman–Crippen MR) is 73.5 cm³/mol. The summed E-state index contributed by atoms with van der Waals surface area (Å²) in [5, 5.41) is 0. The lowest BCUT2D eigenvalue weighted by molar-refractivity contribution is 0.400. The van der Waals surface area contributed by atoms with Gasteiger partial charge < -0.3 is 9.30 Å². The van der Waals surface area contributed by atoms with Gasteiger partial charge in [-0.1, -0.05) is 13.3 Å². The van der Waals surface area contributed by atoms with Crippen molar-refractivity contribution < 1.29 is 4.74 Å². The number of imidazole rings is 1. The molecule has 5 nitrogen and oxygen atoms in total. The van der Waals surface area contributed by atoms with Crippen LogP contribution < -0.4 is 4.74 Å². The molecule has 19 heavy (non-hydrogen) atoms. The van der Waals surface area contributed by atoms with Crippen molar-refractivity contribution in [2.24, 2.45) is 5.92 Å². The molecule has 0 N–H and O–H groups in total. The second kappa shape index (κ2) is 4.96. The normalized spacial score (nSPS) is 23.1. The number of hydrogen-bond donors (Lipinski definition) is 0. The van der Waals surface area contributed by atoms with Crippen LogP contribution in [0.3, 0.4) is 0 Å². The van der Waals surface area contributed by atoms with Gasteiger partial charge in [-0.15, -0.1) is 11.6 Å². The number of alkyl halides is 1. The number of halogens is 1. The first-order valence-electron chi connectivity index (χ1n) is 6.58. The third-order valence-electron chi connectivity index (χ3n) is 3.98. The third kappa shape index (κ3) is 1.96. The van der Waals surface area contributed by atoms with Gasteiger partial charge in [-0.25, -0.2) is 9.97 Å². The highest BCUT2D eigenvalue weighted by Crippen LogP contribution is 2.38. The van der Waals surface area contributed by atoms with E-state index in [4.69, 9.17) is 16.3 Å². The highest BCUT2D eigenvalue weighted by molar-refractivity contribution is 6.16. The Morgan fingerprint density at radius 2 is 2.26 bits per heavy atom. The highest BCUT2D eigenvalue weighted by atomic mass is 35.5. The molecule has 2 atom stereocenters. The molecule has 1 saturated carbocycles. The Kier molecular flexibility index (Phi) is 3.31. The number of nitrogens with zero attached hydrogens (tertiary/aromatic N) is 4. The number of hydrogen-bond acceptors (Lipinski definition) is 4. The Morgan fingerprint density at radius 3 is 2.89 bits per heavy atom. The summed E-state index contributed by atoms with van der Waals surface area (Å²) in [6, 6.07) is 0.429. The maximum Gasteiger partial charge on any atom is 0.245 e. The minimum atomic E-state index is 0.378. The van der Waals surface area contributed by atoms with Gasteiger partial charge in [0.1, 0.15) is 12.2 Å². The predicted octanol–water partition coefficient (Wildman–Crippen LogP) is 2.93. The van der Waals surface area contributed by atoms with Gasteiger partial charge in [0.15, 0.2) is 11.2 Å². The van der Waals surface area contributed by atoms with Crippen LogP contribution in [-0.2, 0) is 5.88 Å². The smallest absolute Gasteiger partial charge is 0.245 e. The monoisotopic (exact) mass is 280 g/mol. The van der Waals surface area contributed by atoms with E-state index in [1.54, 1.807) is 7.11 Å². The van der Waals surface area contributed by atoms with Gasteiger partial charge in [0, 0.05) is 6.04 Å². The molecule has 102 valence electrons. The van der Waals surface area contributed by atoms with Crippen LogP contribution in [0.5, 0.6) is 5.88 Å². The zero-order valence-corrected chi connectivity index (χ0v) is 11.9. The van der Waals surface area contributed by atoms with Gasteiger partial charge in [0.25, 0.3) is 0 Å². The average molecular weight is 281 g/mol. The third-order valence-corrected chi connectivity index (χ3v) is 4.22. The lowest BCUT2D eigenvalue weighted by Crippen LogP contribution is -2.14. The molecule has 6 heteroatoms. The van der Waals surface area contributed by atoms with Crippen LogP contribution in [-0.4, -0.2) is 26.6 Å². The van der Waals surface area contributed by atoms with Crippen LogP contribution in [0.25, 0.3) is 11.2 Å². The summed E-state index contributed by atoms with van der Waals surface area (Å²) in [4.78, 5) is 13.1. The second-order valence-corrected chi connectivity index (χ2v) is 5.33. The molecule has 2 heterocycles. The Bertz CT molecular complexity index is 598. The zero-order valence-electron chi connectivity index (χ0n) is 11.1. The molecule has 2 aromatic rings. The summed E-state index contributed by atoms with van der Waals surface area (Å²) >= 11 is 6.05.